The van der Waals surface area contributed by atoms with E-state index in [1.165, 1.54) is 0 Å². The van der Waals surface area contributed by atoms with Crippen molar-refractivity contribution in [1.82, 2.24) is 9.80 Å². The highest BCUT2D eigenvalue weighted by atomic mass is 16.5. The molecular formula is C28H37N3O5. The first-order valence-corrected chi connectivity index (χ1v) is 12.7. The smallest absolute Gasteiger partial charge is 0.258 e. The molecule has 1 aromatic heterocycles. The van der Waals surface area contributed by atoms with E-state index in [1.807, 2.05) is 43.9 Å². The van der Waals surface area contributed by atoms with E-state index in [2.05, 4.69) is 5.32 Å². The minimum atomic E-state index is -0.463. The van der Waals surface area contributed by atoms with Crippen LogP contribution in [0.25, 0.3) is 0 Å². The van der Waals surface area contributed by atoms with Gasteiger partial charge in [0.1, 0.15) is 23.3 Å². The number of likely N-dealkylation sites (tertiary alicyclic amines) is 2. The minimum absolute atomic E-state index is 0.0212. The molecule has 8 heteroatoms. The average Bonchev–Trinajstić information content (AvgIpc) is 3.51. The van der Waals surface area contributed by atoms with E-state index in [0.29, 0.717) is 50.2 Å². The number of methoxy groups -OCH3 is 1. The summed E-state index contributed by atoms with van der Waals surface area (Å²) in [6.45, 7) is 9.52. The highest BCUT2D eigenvalue weighted by Crippen LogP contribution is 2.30. The molecule has 194 valence electrons. The Morgan fingerprint density at radius 2 is 1.69 bits per heavy atom. The van der Waals surface area contributed by atoms with E-state index in [0.717, 1.165) is 23.6 Å². The highest BCUT2D eigenvalue weighted by molar-refractivity contribution is 5.99. The second-order valence-corrected chi connectivity index (χ2v) is 10.8. The third-order valence-corrected chi connectivity index (χ3v) is 7.22. The van der Waals surface area contributed by atoms with Crippen LogP contribution in [-0.4, -0.2) is 60.3 Å². The first kappa shape index (κ1) is 25.8. The highest BCUT2D eigenvalue weighted by Gasteiger charge is 2.39. The lowest BCUT2D eigenvalue weighted by atomic mass is 9.93. The molecular weight excluding hydrogens is 458 g/mol. The van der Waals surface area contributed by atoms with Crippen LogP contribution >= 0.6 is 0 Å². The Morgan fingerprint density at radius 3 is 2.28 bits per heavy atom. The molecule has 2 aliphatic heterocycles. The molecule has 3 heterocycles. The predicted molar refractivity (Wildman–Crippen MR) is 137 cm³/mol. The van der Waals surface area contributed by atoms with Crippen LogP contribution in [0.4, 0.5) is 5.69 Å². The topological polar surface area (TPSA) is 92.1 Å². The number of hydrogen-bond donors (Lipinski definition) is 1. The van der Waals surface area contributed by atoms with Gasteiger partial charge in [0.15, 0.2) is 0 Å². The standard InChI is InChI=1S/C28H37N3O5/c1-18-22(17-24(36-18)28(2,3)4)26(33)31-14-6-7-23(31)27(34)30-15-12-19(13-16-30)25(32)29-20-8-10-21(35-5)11-9-20/h8-11,17,19,23H,6-7,12-16H2,1-5H3,(H,29,32)/t23-/m0/s1. The molecule has 0 aliphatic carbocycles. The van der Waals surface area contributed by atoms with Gasteiger partial charge in [-0.05, 0) is 62.9 Å². The first-order chi connectivity index (χ1) is 17.1. The summed E-state index contributed by atoms with van der Waals surface area (Å²) < 4.78 is 11.0. The van der Waals surface area contributed by atoms with Crippen molar-refractivity contribution in [2.75, 3.05) is 32.1 Å². The number of rotatable bonds is 5. The number of piperidine rings is 1. The zero-order chi connectivity index (χ0) is 26.0. The van der Waals surface area contributed by atoms with Gasteiger partial charge in [-0.1, -0.05) is 20.8 Å². The number of aryl methyl sites for hydroxylation is 1. The fourth-order valence-electron chi connectivity index (χ4n) is 4.98. The molecule has 2 fully saturated rings. The molecule has 1 aromatic carbocycles. The number of benzene rings is 1. The Morgan fingerprint density at radius 1 is 1.03 bits per heavy atom. The lowest BCUT2D eigenvalue weighted by Gasteiger charge is -2.35. The van der Waals surface area contributed by atoms with Crippen molar-refractivity contribution in [3.05, 3.63) is 47.4 Å². The van der Waals surface area contributed by atoms with Gasteiger partial charge in [0.2, 0.25) is 11.8 Å². The number of anilines is 1. The summed E-state index contributed by atoms with van der Waals surface area (Å²) >= 11 is 0. The third kappa shape index (κ3) is 5.42. The van der Waals surface area contributed by atoms with Gasteiger partial charge < -0.3 is 24.3 Å². The maximum atomic E-state index is 13.4. The Labute approximate surface area is 213 Å². The van der Waals surface area contributed by atoms with Crippen LogP contribution in [0.2, 0.25) is 0 Å². The maximum Gasteiger partial charge on any atom is 0.258 e. The average molecular weight is 496 g/mol. The van der Waals surface area contributed by atoms with Crippen molar-refractivity contribution in [2.45, 2.75) is 64.8 Å². The second kappa shape index (κ2) is 10.4. The molecule has 0 bridgehead atoms. The Kier molecular flexibility index (Phi) is 7.43. The van der Waals surface area contributed by atoms with Gasteiger partial charge in [-0.25, -0.2) is 0 Å². The fraction of sp³-hybridized carbons (Fsp3) is 0.536. The molecule has 1 N–H and O–H groups in total. The molecule has 3 amide bonds. The third-order valence-electron chi connectivity index (χ3n) is 7.22. The number of carbonyl (C=O) groups excluding carboxylic acids is 3. The summed E-state index contributed by atoms with van der Waals surface area (Å²) in [6, 6.07) is 8.60. The molecule has 2 aromatic rings. The fourth-order valence-corrected chi connectivity index (χ4v) is 4.98. The number of hydrogen-bond acceptors (Lipinski definition) is 5. The van der Waals surface area contributed by atoms with Gasteiger partial charge in [-0.2, -0.15) is 0 Å². The van der Waals surface area contributed by atoms with Crippen LogP contribution in [-0.2, 0) is 15.0 Å². The van der Waals surface area contributed by atoms with Gasteiger partial charge >= 0.3 is 0 Å². The molecule has 0 radical (unpaired) electrons. The molecule has 0 spiro atoms. The number of furan rings is 1. The van der Waals surface area contributed by atoms with Gasteiger partial charge in [-0.15, -0.1) is 0 Å². The Bertz CT molecular complexity index is 1110. The first-order valence-electron chi connectivity index (χ1n) is 12.7. The number of carbonyl (C=O) groups is 3. The van der Waals surface area contributed by atoms with Crippen LogP contribution in [0.3, 0.4) is 0 Å². The van der Waals surface area contributed by atoms with Gasteiger partial charge in [0.05, 0.1) is 12.7 Å². The van der Waals surface area contributed by atoms with Gasteiger partial charge in [0.25, 0.3) is 5.91 Å². The van der Waals surface area contributed by atoms with Crippen molar-refractivity contribution in [3.8, 4) is 5.75 Å². The number of amides is 3. The molecule has 36 heavy (non-hydrogen) atoms. The Balaban J connectivity index is 1.35. The second-order valence-electron chi connectivity index (χ2n) is 10.8. The minimum Gasteiger partial charge on any atom is -0.497 e. The van der Waals surface area contributed by atoms with Crippen molar-refractivity contribution in [1.29, 1.82) is 0 Å². The van der Waals surface area contributed by atoms with Crippen LogP contribution in [0.1, 0.15) is 68.3 Å². The molecule has 0 saturated carbocycles. The summed E-state index contributed by atoms with van der Waals surface area (Å²) in [5.41, 5.74) is 1.06. The van der Waals surface area contributed by atoms with Crippen molar-refractivity contribution in [3.63, 3.8) is 0 Å². The zero-order valence-electron chi connectivity index (χ0n) is 21.9. The number of ether oxygens (including phenoxy) is 1. The van der Waals surface area contributed by atoms with E-state index in [4.69, 9.17) is 9.15 Å². The van der Waals surface area contributed by atoms with Crippen molar-refractivity contribution in [2.24, 2.45) is 5.92 Å². The summed E-state index contributed by atoms with van der Waals surface area (Å²) in [4.78, 5) is 43.1. The number of nitrogens with zero attached hydrogens (tertiary/aromatic N) is 2. The van der Waals surface area contributed by atoms with Gasteiger partial charge in [0, 0.05) is 36.7 Å². The van der Waals surface area contributed by atoms with Crippen molar-refractivity contribution < 1.29 is 23.5 Å². The van der Waals surface area contributed by atoms with Crippen molar-refractivity contribution >= 4 is 23.4 Å². The van der Waals surface area contributed by atoms with Crippen LogP contribution < -0.4 is 10.1 Å². The quantitative estimate of drug-likeness (QED) is 0.665. The van der Waals surface area contributed by atoms with Crippen LogP contribution in [0.5, 0.6) is 5.75 Å². The van der Waals surface area contributed by atoms with E-state index < -0.39 is 6.04 Å². The van der Waals surface area contributed by atoms with E-state index in [-0.39, 0.29) is 29.1 Å². The summed E-state index contributed by atoms with van der Waals surface area (Å²) in [5, 5.41) is 2.96. The maximum absolute atomic E-state index is 13.4. The lowest BCUT2D eigenvalue weighted by molar-refractivity contribution is -0.138. The summed E-state index contributed by atoms with van der Waals surface area (Å²) in [5.74, 6) is 1.74. The zero-order valence-corrected chi connectivity index (χ0v) is 21.9. The summed E-state index contributed by atoms with van der Waals surface area (Å²) in [7, 11) is 1.60. The van der Waals surface area contributed by atoms with E-state index >= 15 is 0 Å². The van der Waals surface area contributed by atoms with Gasteiger partial charge in [-0.3, -0.25) is 14.4 Å². The SMILES string of the molecule is COc1ccc(NC(=O)C2CCN(C(=O)[C@@H]3CCCN3C(=O)c3cc(C(C)(C)C)oc3C)CC2)cc1. The largest absolute Gasteiger partial charge is 0.497 e. The van der Waals surface area contributed by atoms with E-state index in [1.54, 1.807) is 31.1 Å². The number of nitrogens with one attached hydrogen (secondary N) is 1. The predicted octanol–water partition coefficient (Wildman–Crippen LogP) is 4.38. The Hall–Kier alpha value is -3.29. The molecule has 0 unspecified atom stereocenters. The molecule has 2 saturated heterocycles. The molecule has 8 nitrogen and oxygen atoms in total. The van der Waals surface area contributed by atoms with Crippen LogP contribution in [0.15, 0.2) is 34.7 Å². The summed E-state index contributed by atoms with van der Waals surface area (Å²) in [6.07, 6.45) is 2.66. The molecule has 4 rings (SSSR count). The normalized spacial score (nSPS) is 18.9. The monoisotopic (exact) mass is 495 g/mol. The van der Waals surface area contributed by atoms with E-state index in [9.17, 15) is 14.4 Å². The van der Waals surface area contributed by atoms with Crippen LogP contribution in [0, 0.1) is 12.8 Å². The lowest BCUT2D eigenvalue weighted by Crippen LogP contribution is -2.50. The molecule has 2 aliphatic rings. The molecule has 1 atom stereocenters.